The van der Waals surface area contributed by atoms with Crippen molar-refractivity contribution in [3.05, 3.63) is 77.6 Å². The van der Waals surface area contributed by atoms with E-state index in [9.17, 15) is 9.59 Å². The SMILES string of the molecule is COc1cc(C(=O)Nc2cccc(C(=O)NCc3ccccn3)c2)cc(OC)c1OC. The van der Waals surface area contributed by atoms with Crippen molar-refractivity contribution in [2.24, 2.45) is 0 Å². The molecule has 0 spiro atoms. The highest BCUT2D eigenvalue weighted by Gasteiger charge is 2.17. The fourth-order valence-electron chi connectivity index (χ4n) is 2.93. The topological polar surface area (TPSA) is 98.8 Å². The van der Waals surface area contributed by atoms with E-state index >= 15 is 0 Å². The Morgan fingerprint density at radius 1 is 0.839 bits per heavy atom. The Hall–Kier alpha value is -4.07. The lowest BCUT2D eigenvalue weighted by Gasteiger charge is -2.14. The number of methoxy groups -OCH3 is 3. The van der Waals surface area contributed by atoms with Gasteiger partial charge in [-0.2, -0.15) is 0 Å². The van der Waals surface area contributed by atoms with E-state index in [1.54, 1.807) is 42.6 Å². The Bertz CT molecular complexity index is 1040. The van der Waals surface area contributed by atoms with Crippen molar-refractivity contribution in [3.8, 4) is 17.2 Å². The summed E-state index contributed by atoms with van der Waals surface area (Å²) in [7, 11) is 4.45. The minimum atomic E-state index is -0.384. The van der Waals surface area contributed by atoms with E-state index in [1.165, 1.54) is 21.3 Å². The van der Waals surface area contributed by atoms with E-state index in [2.05, 4.69) is 15.6 Å². The summed E-state index contributed by atoms with van der Waals surface area (Å²) in [6.07, 6.45) is 1.67. The monoisotopic (exact) mass is 421 g/mol. The summed E-state index contributed by atoms with van der Waals surface area (Å²) in [5.41, 5.74) is 1.96. The lowest BCUT2D eigenvalue weighted by Crippen LogP contribution is -2.23. The van der Waals surface area contributed by atoms with Gasteiger partial charge in [0.25, 0.3) is 11.8 Å². The molecule has 160 valence electrons. The van der Waals surface area contributed by atoms with Crippen molar-refractivity contribution < 1.29 is 23.8 Å². The number of ether oxygens (including phenoxy) is 3. The van der Waals surface area contributed by atoms with Crippen molar-refractivity contribution >= 4 is 17.5 Å². The number of benzene rings is 2. The zero-order chi connectivity index (χ0) is 22.2. The zero-order valence-electron chi connectivity index (χ0n) is 17.5. The van der Waals surface area contributed by atoms with Crippen LogP contribution in [0.4, 0.5) is 5.69 Å². The van der Waals surface area contributed by atoms with E-state index in [-0.39, 0.29) is 11.8 Å². The highest BCUT2D eigenvalue weighted by molar-refractivity contribution is 6.06. The molecule has 3 aromatic rings. The van der Waals surface area contributed by atoms with Crippen molar-refractivity contribution in [1.82, 2.24) is 10.3 Å². The smallest absolute Gasteiger partial charge is 0.255 e. The molecule has 31 heavy (non-hydrogen) atoms. The lowest BCUT2D eigenvalue weighted by molar-refractivity contribution is 0.0949. The molecule has 3 rings (SSSR count). The van der Waals surface area contributed by atoms with Gasteiger partial charge in [-0.15, -0.1) is 0 Å². The van der Waals surface area contributed by atoms with Crippen LogP contribution in [0.2, 0.25) is 0 Å². The van der Waals surface area contributed by atoms with Gasteiger partial charge in [-0.1, -0.05) is 12.1 Å². The summed E-state index contributed by atoms with van der Waals surface area (Å²) >= 11 is 0. The molecule has 0 aliphatic carbocycles. The van der Waals surface area contributed by atoms with Crippen LogP contribution in [0.3, 0.4) is 0 Å². The summed E-state index contributed by atoms with van der Waals surface area (Å²) < 4.78 is 15.9. The first kappa shape index (κ1) is 21.6. The molecule has 0 saturated carbocycles. The number of hydrogen-bond donors (Lipinski definition) is 2. The van der Waals surface area contributed by atoms with Crippen LogP contribution >= 0.6 is 0 Å². The van der Waals surface area contributed by atoms with Crippen molar-refractivity contribution in [3.63, 3.8) is 0 Å². The summed E-state index contributed by atoms with van der Waals surface area (Å²) in [5.74, 6) is 0.484. The fraction of sp³-hybridized carbons (Fsp3) is 0.174. The summed E-state index contributed by atoms with van der Waals surface area (Å²) in [6, 6.07) is 15.3. The molecule has 2 amide bonds. The largest absolute Gasteiger partial charge is 0.493 e. The molecule has 0 fully saturated rings. The van der Waals surface area contributed by atoms with Crippen LogP contribution in [0.15, 0.2) is 60.8 Å². The average Bonchev–Trinajstić information content (AvgIpc) is 2.82. The first-order chi connectivity index (χ1) is 15.0. The van der Waals surface area contributed by atoms with Crippen LogP contribution in [-0.2, 0) is 6.54 Å². The second-order valence-corrected chi connectivity index (χ2v) is 6.45. The third-order valence-corrected chi connectivity index (χ3v) is 4.47. The molecule has 0 aliphatic rings. The molecule has 0 unspecified atom stereocenters. The van der Waals surface area contributed by atoms with Gasteiger partial charge >= 0.3 is 0 Å². The molecule has 2 N–H and O–H groups in total. The summed E-state index contributed by atoms with van der Waals surface area (Å²) in [5, 5.41) is 5.59. The fourth-order valence-corrected chi connectivity index (χ4v) is 2.93. The Balaban J connectivity index is 1.73. The van der Waals surface area contributed by atoms with Crippen LogP contribution in [-0.4, -0.2) is 38.1 Å². The van der Waals surface area contributed by atoms with Crippen molar-refractivity contribution in [2.75, 3.05) is 26.6 Å². The van der Waals surface area contributed by atoms with Gasteiger partial charge in [-0.25, -0.2) is 0 Å². The Kier molecular flexibility index (Phi) is 7.05. The molecule has 0 radical (unpaired) electrons. The van der Waals surface area contributed by atoms with E-state index < -0.39 is 0 Å². The molecule has 1 aromatic heterocycles. The van der Waals surface area contributed by atoms with Crippen LogP contribution in [0.5, 0.6) is 17.2 Å². The Morgan fingerprint density at radius 2 is 1.58 bits per heavy atom. The number of pyridine rings is 1. The van der Waals surface area contributed by atoms with E-state index in [0.29, 0.717) is 40.6 Å². The van der Waals surface area contributed by atoms with E-state index in [0.717, 1.165) is 5.69 Å². The van der Waals surface area contributed by atoms with Crippen LogP contribution in [0.25, 0.3) is 0 Å². The highest BCUT2D eigenvalue weighted by Crippen LogP contribution is 2.38. The third-order valence-electron chi connectivity index (χ3n) is 4.47. The number of carbonyl (C=O) groups is 2. The van der Waals surface area contributed by atoms with E-state index in [1.807, 2.05) is 18.2 Å². The predicted molar refractivity (Wildman–Crippen MR) is 116 cm³/mol. The number of hydrogen-bond acceptors (Lipinski definition) is 6. The minimum absolute atomic E-state index is 0.269. The summed E-state index contributed by atoms with van der Waals surface area (Å²) in [6.45, 7) is 0.307. The minimum Gasteiger partial charge on any atom is -0.493 e. The second kappa shape index (κ2) is 10.1. The van der Waals surface area contributed by atoms with Gasteiger partial charge in [0.1, 0.15) is 0 Å². The standard InChI is InChI=1S/C23H23N3O5/c1-29-19-12-16(13-20(30-2)21(19)31-3)23(28)26-17-9-6-7-15(11-17)22(27)25-14-18-8-4-5-10-24-18/h4-13H,14H2,1-3H3,(H,25,27)(H,26,28). The van der Waals surface area contributed by atoms with Gasteiger partial charge in [-0.3, -0.25) is 14.6 Å². The highest BCUT2D eigenvalue weighted by atomic mass is 16.5. The molecular weight excluding hydrogens is 398 g/mol. The Labute approximate surface area is 180 Å². The maximum atomic E-state index is 12.8. The number of nitrogens with zero attached hydrogens (tertiary/aromatic N) is 1. The quantitative estimate of drug-likeness (QED) is 0.579. The molecule has 0 atom stereocenters. The maximum Gasteiger partial charge on any atom is 0.255 e. The molecule has 0 bridgehead atoms. The van der Waals surface area contributed by atoms with E-state index in [4.69, 9.17) is 14.2 Å². The number of anilines is 1. The number of nitrogens with one attached hydrogen (secondary N) is 2. The first-order valence-electron chi connectivity index (χ1n) is 9.45. The molecule has 8 heteroatoms. The first-order valence-corrected chi connectivity index (χ1v) is 9.45. The normalized spacial score (nSPS) is 10.2. The molecular formula is C23H23N3O5. The van der Waals surface area contributed by atoms with Gasteiger partial charge in [0.15, 0.2) is 11.5 Å². The number of amides is 2. The molecule has 1 heterocycles. The van der Waals surface area contributed by atoms with Crippen LogP contribution < -0.4 is 24.8 Å². The third kappa shape index (κ3) is 5.30. The van der Waals surface area contributed by atoms with Crippen LogP contribution in [0.1, 0.15) is 26.4 Å². The zero-order valence-corrected chi connectivity index (χ0v) is 17.5. The predicted octanol–water partition coefficient (Wildman–Crippen LogP) is 3.29. The molecule has 0 aliphatic heterocycles. The number of rotatable bonds is 8. The van der Waals surface area contributed by atoms with Crippen LogP contribution in [0, 0.1) is 0 Å². The molecule has 2 aromatic carbocycles. The average molecular weight is 421 g/mol. The van der Waals surface area contributed by atoms with Crippen molar-refractivity contribution in [1.29, 1.82) is 0 Å². The maximum absolute atomic E-state index is 12.8. The number of aromatic nitrogens is 1. The second-order valence-electron chi connectivity index (χ2n) is 6.45. The van der Waals surface area contributed by atoms with Gasteiger partial charge in [-0.05, 0) is 42.5 Å². The number of carbonyl (C=O) groups excluding carboxylic acids is 2. The van der Waals surface area contributed by atoms with Crippen molar-refractivity contribution in [2.45, 2.75) is 6.54 Å². The van der Waals surface area contributed by atoms with Gasteiger partial charge in [0.2, 0.25) is 5.75 Å². The molecule has 0 saturated heterocycles. The van der Waals surface area contributed by atoms with Gasteiger partial charge in [0, 0.05) is 23.0 Å². The molecule has 8 nitrogen and oxygen atoms in total. The van der Waals surface area contributed by atoms with Gasteiger partial charge < -0.3 is 24.8 Å². The Morgan fingerprint density at radius 3 is 2.19 bits per heavy atom. The lowest BCUT2D eigenvalue weighted by atomic mass is 10.1. The van der Waals surface area contributed by atoms with Gasteiger partial charge in [0.05, 0.1) is 33.6 Å². The summed E-state index contributed by atoms with van der Waals surface area (Å²) in [4.78, 5) is 29.4.